The van der Waals surface area contributed by atoms with E-state index in [0.717, 1.165) is 10.6 Å². The SMILES string of the molecule is CCOC1NN(c2ccc(C)cc2)C(=O)C1(O)O. The van der Waals surface area contributed by atoms with E-state index < -0.39 is 17.9 Å². The molecule has 1 aliphatic rings. The molecule has 18 heavy (non-hydrogen) atoms. The van der Waals surface area contributed by atoms with Crippen LogP contribution < -0.4 is 10.4 Å². The van der Waals surface area contributed by atoms with Crippen LogP contribution in [0.15, 0.2) is 24.3 Å². The summed E-state index contributed by atoms with van der Waals surface area (Å²) < 4.78 is 5.09. The third-order valence-corrected chi connectivity index (χ3v) is 2.76. The smallest absolute Gasteiger partial charge is 0.305 e. The summed E-state index contributed by atoms with van der Waals surface area (Å²) in [6.07, 6.45) is -1.17. The van der Waals surface area contributed by atoms with E-state index in [2.05, 4.69) is 5.43 Å². The van der Waals surface area contributed by atoms with Crippen LogP contribution in [0.25, 0.3) is 0 Å². The standard InChI is InChI=1S/C12H16N2O4/c1-3-18-10-12(16,17)11(15)14(13-10)9-6-4-8(2)5-7-9/h4-7,10,13,16-17H,3H2,1-2H3. The second-order valence-corrected chi connectivity index (χ2v) is 4.17. The van der Waals surface area contributed by atoms with Gasteiger partial charge in [-0.2, -0.15) is 5.43 Å². The van der Waals surface area contributed by atoms with Crippen molar-refractivity contribution in [3.8, 4) is 0 Å². The van der Waals surface area contributed by atoms with Gasteiger partial charge in [0, 0.05) is 6.61 Å². The van der Waals surface area contributed by atoms with Gasteiger partial charge in [0.2, 0.25) is 0 Å². The molecule has 1 atom stereocenters. The van der Waals surface area contributed by atoms with Gasteiger partial charge < -0.3 is 14.9 Å². The van der Waals surface area contributed by atoms with E-state index in [0.29, 0.717) is 5.69 Å². The average Bonchev–Trinajstić information content (AvgIpc) is 2.55. The Labute approximate surface area is 105 Å². The number of anilines is 1. The number of hydrazine groups is 1. The van der Waals surface area contributed by atoms with Gasteiger partial charge in [-0.25, -0.2) is 5.01 Å². The molecule has 3 N–H and O–H groups in total. The van der Waals surface area contributed by atoms with E-state index >= 15 is 0 Å². The number of rotatable bonds is 3. The number of hydrogen-bond acceptors (Lipinski definition) is 5. The molecule has 6 heteroatoms. The maximum absolute atomic E-state index is 11.9. The summed E-state index contributed by atoms with van der Waals surface area (Å²) in [7, 11) is 0. The average molecular weight is 252 g/mol. The zero-order chi connectivity index (χ0) is 13.3. The molecule has 1 aromatic rings. The lowest BCUT2D eigenvalue weighted by molar-refractivity contribution is -0.219. The first-order valence-corrected chi connectivity index (χ1v) is 5.70. The number of nitrogens with one attached hydrogen (secondary N) is 1. The summed E-state index contributed by atoms with van der Waals surface area (Å²) in [4.78, 5) is 11.9. The predicted molar refractivity (Wildman–Crippen MR) is 64.4 cm³/mol. The monoisotopic (exact) mass is 252 g/mol. The summed E-state index contributed by atoms with van der Waals surface area (Å²) in [5.74, 6) is -3.41. The summed E-state index contributed by atoms with van der Waals surface area (Å²) in [6.45, 7) is 3.89. The Hall–Kier alpha value is -1.47. The fourth-order valence-electron chi connectivity index (χ4n) is 1.75. The molecule has 0 aromatic heterocycles. The van der Waals surface area contributed by atoms with Crippen molar-refractivity contribution >= 4 is 11.6 Å². The molecule has 0 saturated carbocycles. The molecule has 6 nitrogen and oxygen atoms in total. The van der Waals surface area contributed by atoms with Crippen LogP contribution in [0.4, 0.5) is 5.69 Å². The van der Waals surface area contributed by atoms with E-state index in [4.69, 9.17) is 4.74 Å². The Kier molecular flexibility index (Phi) is 3.36. The molecule has 98 valence electrons. The molecule has 0 aliphatic carbocycles. The van der Waals surface area contributed by atoms with Gasteiger partial charge in [-0.1, -0.05) is 17.7 Å². The summed E-state index contributed by atoms with van der Waals surface area (Å²) in [5, 5.41) is 20.5. The van der Waals surface area contributed by atoms with Gasteiger partial charge in [0.25, 0.3) is 5.79 Å². The van der Waals surface area contributed by atoms with Crippen molar-refractivity contribution in [2.75, 3.05) is 11.6 Å². The number of amides is 1. The Morgan fingerprint density at radius 3 is 2.56 bits per heavy atom. The van der Waals surface area contributed by atoms with Crippen molar-refractivity contribution < 1.29 is 19.7 Å². The minimum absolute atomic E-state index is 0.259. The zero-order valence-corrected chi connectivity index (χ0v) is 10.3. The quantitative estimate of drug-likeness (QED) is 0.654. The van der Waals surface area contributed by atoms with Crippen LogP contribution in [-0.4, -0.2) is 34.7 Å². The largest absolute Gasteiger partial charge is 0.356 e. The fourth-order valence-corrected chi connectivity index (χ4v) is 1.75. The Morgan fingerprint density at radius 1 is 1.39 bits per heavy atom. The molecular weight excluding hydrogens is 236 g/mol. The number of aliphatic hydroxyl groups is 2. The highest BCUT2D eigenvalue weighted by Gasteiger charge is 2.53. The van der Waals surface area contributed by atoms with Gasteiger partial charge >= 0.3 is 5.91 Å². The van der Waals surface area contributed by atoms with Gasteiger partial charge in [0.15, 0.2) is 6.23 Å². The van der Waals surface area contributed by atoms with E-state index in [1.54, 1.807) is 19.1 Å². The molecular formula is C12H16N2O4. The minimum Gasteiger partial charge on any atom is -0.356 e. The molecule has 1 amide bonds. The van der Waals surface area contributed by atoms with Crippen LogP contribution in [-0.2, 0) is 9.53 Å². The lowest BCUT2D eigenvalue weighted by atomic mass is 10.2. The maximum atomic E-state index is 11.9. The van der Waals surface area contributed by atoms with Crippen LogP contribution in [0.1, 0.15) is 12.5 Å². The van der Waals surface area contributed by atoms with Crippen LogP contribution in [0, 0.1) is 6.92 Å². The number of benzene rings is 1. The molecule has 1 heterocycles. The van der Waals surface area contributed by atoms with Crippen molar-refractivity contribution in [3.63, 3.8) is 0 Å². The first kappa shape index (κ1) is 13.0. The molecule has 0 radical (unpaired) electrons. The van der Waals surface area contributed by atoms with E-state index in [-0.39, 0.29) is 6.61 Å². The van der Waals surface area contributed by atoms with Gasteiger partial charge in [0.05, 0.1) is 5.69 Å². The zero-order valence-electron chi connectivity index (χ0n) is 10.3. The molecule has 1 unspecified atom stereocenters. The molecule has 1 aromatic carbocycles. The maximum Gasteiger partial charge on any atom is 0.305 e. The highest BCUT2D eigenvalue weighted by atomic mass is 16.6. The second kappa shape index (κ2) is 4.66. The fraction of sp³-hybridized carbons (Fsp3) is 0.417. The number of carbonyl (C=O) groups is 1. The number of carbonyl (C=O) groups excluding carboxylic acids is 1. The van der Waals surface area contributed by atoms with Crippen LogP contribution >= 0.6 is 0 Å². The van der Waals surface area contributed by atoms with Crippen LogP contribution in [0.2, 0.25) is 0 Å². The number of aryl methyl sites for hydroxylation is 1. The normalized spacial score (nSPS) is 22.6. The van der Waals surface area contributed by atoms with E-state index in [1.165, 1.54) is 0 Å². The van der Waals surface area contributed by atoms with Gasteiger partial charge in [-0.05, 0) is 26.0 Å². The summed E-state index contributed by atoms with van der Waals surface area (Å²) >= 11 is 0. The molecule has 2 rings (SSSR count). The van der Waals surface area contributed by atoms with Crippen molar-refractivity contribution in [3.05, 3.63) is 29.8 Å². The second-order valence-electron chi connectivity index (χ2n) is 4.17. The third-order valence-electron chi connectivity index (χ3n) is 2.76. The lowest BCUT2D eigenvalue weighted by Crippen LogP contribution is -2.48. The first-order valence-electron chi connectivity index (χ1n) is 5.70. The number of ether oxygens (including phenoxy) is 1. The Bertz CT molecular complexity index is 444. The Morgan fingerprint density at radius 2 is 2.00 bits per heavy atom. The predicted octanol–water partition coefficient (Wildman–Crippen LogP) is -0.110. The van der Waals surface area contributed by atoms with E-state index in [1.807, 2.05) is 19.1 Å². The highest BCUT2D eigenvalue weighted by Crippen LogP contribution is 2.25. The third kappa shape index (κ3) is 2.11. The van der Waals surface area contributed by atoms with Crippen LogP contribution in [0.3, 0.4) is 0 Å². The van der Waals surface area contributed by atoms with Gasteiger partial charge in [-0.15, -0.1) is 0 Å². The number of hydrogen-bond donors (Lipinski definition) is 3. The summed E-state index contributed by atoms with van der Waals surface area (Å²) in [5.41, 5.74) is 4.20. The molecule has 0 spiro atoms. The molecule has 1 aliphatic heterocycles. The van der Waals surface area contributed by atoms with Crippen molar-refractivity contribution in [1.29, 1.82) is 0 Å². The molecule has 1 fully saturated rings. The topological polar surface area (TPSA) is 82.0 Å². The molecule has 0 bridgehead atoms. The minimum atomic E-state index is -2.55. The highest BCUT2D eigenvalue weighted by molar-refractivity contribution is 6.00. The van der Waals surface area contributed by atoms with Crippen molar-refractivity contribution in [2.45, 2.75) is 25.9 Å². The van der Waals surface area contributed by atoms with Gasteiger partial charge in [-0.3, -0.25) is 4.79 Å². The Balaban J connectivity index is 2.26. The first-order chi connectivity index (χ1) is 8.46. The van der Waals surface area contributed by atoms with Crippen LogP contribution in [0.5, 0.6) is 0 Å². The molecule has 1 saturated heterocycles. The van der Waals surface area contributed by atoms with Crippen molar-refractivity contribution in [1.82, 2.24) is 5.43 Å². The lowest BCUT2D eigenvalue weighted by Gasteiger charge is -2.18. The van der Waals surface area contributed by atoms with E-state index in [9.17, 15) is 15.0 Å². The summed E-state index contributed by atoms with van der Waals surface area (Å²) in [6, 6.07) is 7.08. The van der Waals surface area contributed by atoms with Gasteiger partial charge in [0.1, 0.15) is 0 Å². The van der Waals surface area contributed by atoms with Crippen molar-refractivity contribution in [2.24, 2.45) is 0 Å². The number of nitrogens with zero attached hydrogens (tertiary/aromatic N) is 1.